The lowest BCUT2D eigenvalue weighted by molar-refractivity contribution is -0.118. The number of fused-ring (bicyclic) bond motifs is 1. The molecule has 0 aliphatic heterocycles. The molecule has 0 aliphatic rings. The number of rotatable bonds is 5. The molecule has 0 atom stereocenters. The smallest absolute Gasteiger partial charge is 0.251 e. The van der Waals surface area contributed by atoms with Crippen molar-refractivity contribution in [1.82, 2.24) is 15.6 Å². The van der Waals surface area contributed by atoms with Crippen LogP contribution in [0.1, 0.15) is 36.7 Å². The van der Waals surface area contributed by atoms with Crippen molar-refractivity contribution < 1.29 is 9.59 Å². The molecule has 5 nitrogen and oxygen atoms in total. The van der Waals surface area contributed by atoms with Gasteiger partial charge in [-0.05, 0) is 25.5 Å². The molecule has 6 heteroatoms. The lowest BCUT2D eigenvalue weighted by Crippen LogP contribution is -2.24. The zero-order chi connectivity index (χ0) is 17.0. The van der Waals surface area contributed by atoms with E-state index in [1.54, 1.807) is 31.1 Å². The van der Waals surface area contributed by atoms with E-state index in [9.17, 15) is 9.59 Å². The summed E-state index contributed by atoms with van der Waals surface area (Å²) in [7, 11) is 1.62. The number of benzene rings is 1. The first-order valence-electron chi connectivity index (χ1n) is 7.35. The van der Waals surface area contributed by atoms with Gasteiger partial charge in [-0.2, -0.15) is 0 Å². The van der Waals surface area contributed by atoms with Gasteiger partial charge in [-0.1, -0.05) is 18.2 Å². The maximum atomic E-state index is 12.0. The molecule has 0 radical (unpaired) electrons. The second kappa shape index (κ2) is 7.00. The van der Waals surface area contributed by atoms with E-state index in [0.717, 1.165) is 16.5 Å². The van der Waals surface area contributed by atoms with Crippen molar-refractivity contribution in [3.63, 3.8) is 0 Å². The third-order valence-electron chi connectivity index (χ3n) is 3.65. The Morgan fingerprint density at radius 3 is 2.65 bits per heavy atom. The lowest BCUT2D eigenvalue weighted by Gasteiger charge is -2.26. The van der Waals surface area contributed by atoms with Crippen LogP contribution in [0.4, 0.5) is 0 Å². The van der Waals surface area contributed by atoms with E-state index in [2.05, 4.69) is 29.5 Å². The van der Waals surface area contributed by atoms with Crippen LogP contribution in [0.15, 0.2) is 30.5 Å². The summed E-state index contributed by atoms with van der Waals surface area (Å²) < 4.78 is -0.254. The van der Waals surface area contributed by atoms with Crippen LogP contribution in [0, 0.1) is 0 Å². The summed E-state index contributed by atoms with van der Waals surface area (Å²) in [6, 6.07) is 7.59. The van der Waals surface area contributed by atoms with Gasteiger partial charge in [0.05, 0.1) is 17.0 Å². The molecule has 0 saturated heterocycles. The number of nitrogens with zero attached hydrogens (tertiary/aromatic N) is 1. The molecule has 0 spiro atoms. The minimum atomic E-state index is -0.254. The summed E-state index contributed by atoms with van der Waals surface area (Å²) >= 11 is 1.62. The Bertz CT molecular complexity index is 744. The number of carbonyl (C=O) groups is 2. The standard InChI is InChI=1S/C17H21N3O2S/c1-11(21)20-10-23-17(2,3)14-7-5-6-12-13(16(22)18-4)8-9-19-15(12)14/h5-9H,10H2,1-4H3,(H,18,22)(H,20,21). The van der Waals surface area contributed by atoms with Crippen LogP contribution in [0.25, 0.3) is 10.9 Å². The van der Waals surface area contributed by atoms with Crippen molar-refractivity contribution >= 4 is 34.5 Å². The van der Waals surface area contributed by atoms with Gasteiger partial charge in [0.2, 0.25) is 5.91 Å². The first-order valence-corrected chi connectivity index (χ1v) is 8.34. The highest BCUT2D eigenvalue weighted by atomic mass is 32.2. The molecule has 23 heavy (non-hydrogen) atoms. The SMILES string of the molecule is CNC(=O)c1ccnc2c(C(C)(C)SCNC(C)=O)cccc12. The number of amides is 2. The van der Waals surface area contributed by atoms with Gasteiger partial charge in [0.25, 0.3) is 5.91 Å². The van der Waals surface area contributed by atoms with E-state index in [0.29, 0.717) is 11.4 Å². The first-order chi connectivity index (χ1) is 10.9. The second-order valence-electron chi connectivity index (χ2n) is 5.67. The van der Waals surface area contributed by atoms with Crippen LogP contribution in [0.2, 0.25) is 0 Å². The van der Waals surface area contributed by atoms with Crippen molar-refractivity contribution in [3.05, 3.63) is 41.6 Å². The third kappa shape index (κ3) is 3.82. The molecule has 1 aromatic heterocycles. The minimum absolute atomic E-state index is 0.0498. The van der Waals surface area contributed by atoms with Gasteiger partial charge in [-0.25, -0.2) is 0 Å². The highest BCUT2D eigenvalue weighted by Gasteiger charge is 2.25. The van der Waals surface area contributed by atoms with E-state index in [-0.39, 0.29) is 16.6 Å². The fourth-order valence-electron chi connectivity index (χ4n) is 2.39. The monoisotopic (exact) mass is 331 g/mol. The second-order valence-corrected chi connectivity index (χ2v) is 7.27. The number of carbonyl (C=O) groups excluding carboxylic acids is 2. The lowest BCUT2D eigenvalue weighted by atomic mass is 9.96. The van der Waals surface area contributed by atoms with E-state index in [4.69, 9.17) is 0 Å². The molecule has 0 fully saturated rings. The van der Waals surface area contributed by atoms with Crippen molar-refractivity contribution in [2.24, 2.45) is 0 Å². The highest BCUT2D eigenvalue weighted by Crippen LogP contribution is 2.38. The van der Waals surface area contributed by atoms with Crippen molar-refractivity contribution in [2.45, 2.75) is 25.5 Å². The van der Waals surface area contributed by atoms with Gasteiger partial charge < -0.3 is 10.6 Å². The van der Waals surface area contributed by atoms with Gasteiger partial charge >= 0.3 is 0 Å². The Morgan fingerprint density at radius 1 is 1.26 bits per heavy atom. The average Bonchev–Trinajstić information content (AvgIpc) is 2.52. The number of nitrogens with one attached hydrogen (secondary N) is 2. The largest absolute Gasteiger partial charge is 0.355 e. The fourth-order valence-corrected chi connectivity index (χ4v) is 3.35. The molecule has 2 aromatic rings. The van der Waals surface area contributed by atoms with Gasteiger partial charge in [0.1, 0.15) is 0 Å². The number of thioether (sulfide) groups is 1. The molecule has 0 bridgehead atoms. The zero-order valence-corrected chi connectivity index (χ0v) is 14.6. The van der Waals surface area contributed by atoms with Crippen molar-refractivity contribution in [2.75, 3.05) is 12.9 Å². The maximum Gasteiger partial charge on any atom is 0.251 e. The average molecular weight is 331 g/mol. The molecule has 0 aliphatic carbocycles. The predicted molar refractivity (Wildman–Crippen MR) is 94.4 cm³/mol. The van der Waals surface area contributed by atoms with E-state index in [1.165, 1.54) is 6.92 Å². The van der Waals surface area contributed by atoms with Crippen LogP contribution in [0.3, 0.4) is 0 Å². The quantitative estimate of drug-likeness (QED) is 0.826. The number of pyridine rings is 1. The van der Waals surface area contributed by atoms with Crippen LogP contribution >= 0.6 is 11.8 Å². The summed E-state index contributed by atoms with van der Waals surface area (Å²) in [6.07, 6.45) is 1.66. The fraction of sp³-hybridized carbons (Fsp3) is 0.353. The highest BCUT2D eigenvalue weighted by molar-refractivity contribution is 8.00. The normalized spacial score (nSPS) is 11.3. The topological polar surface area (TPSA) is 71.1 Å². The summed E-state index contributed by atoms with van der Waals surface area (Å²) in [5.41, 5.74) is 2.46. The van der Waals surface area contributed by atoms with E-state index in [1.807, 2.05) is 18.2 Å². The van der Waals surface area contributed by atoms with Gasteiger partial charge in [0.15, 0.2) is 0 Å². The van der Waals surface area contributed by atoms with Crippen LogP contribution in [0.5, 0.6) is 0 Å². The molecular weight excluding hydrogens is 310 g/mol. The molecule has 122 valence electrons. The molecule has 2 amide bonds. The Morgan fingerprint density at radius 2 is 2.00 bits per heavy atom. The van der Waals surface area contributed by atoms with Crippen molar-refractivity contribution in [3.8, 4) is 0 Å². The Balaban J connectivity index is 2.45. The zero-order valence-electron chi connectivity index (χ0n) is 13.8. The maximum absolute atomic E-state index is 12.0. The molecule has 0 saturated carbocycles. The van der Waals surface area contributed by atoms with Gasteiger partial charge in [0, 0.05) is 30.3 Å². The summed E-state index contributed by atoms with van der Waals surface area (Å²) in [5, 5.41) is 6.29. The van der Waals surface area contributed by atoms with Crippen LogP contribution in [-0.2, 0) is 9.54 Å². The Kier molecular flexibility index (Phi) is 5.26. The van der Waals surface area contributed by atoms with Crippen LogP contribution < -0.4 is 10.6 Å². The molecular formula is C17H21N3O2S. The summed E-state index contributed by atoms with van der Waals surface area (Å²) in [5.74, 6) is 0.345. The predicted octanol–water partition coefficient (Wildman–Crippen LogP) is 2.66. The van der Waals surface area contributed by atoms with E-state index < -0.39 is 0 Å². The summed E-state index contributed by atoms with van der Waals surface area (Å²) in [4.78, 5) is 27.6. The molecule has 1 aromatic carbocycles. The van der Waals surface area contributed by atoms with Crippen LogP contribution in [-0.4, -0.2) is 29.7 Å². The Labute approximate surface area is 140 Å². The number of hydrogen-bond donors (Lipinski definition) is 2. The molecule has 1 heterocycles. The number of para-hydroxylation sites is 1. The van der Waals surface area contributed by atoms with Gasteiger partial charge in [-0.3, -0.25) is 14.6 Å². The minimum Gasteiger partial charge on any atom is -0.355 e. The Hall–Kier alpha value is -2.08. The molecule has 2 rings (SSSR count). The van der Waals surface area contributed by atoms with E-state index >= 15 is 0 Å². The number of hydrogen-bond acceptors (Lipinski definition) is 4. The van der Waals surface area contributed by atoms with Crippen molar-refractivity contribution in [1.29, 1.82) is 0 Å². The van der Waals surface area contributed by atoms with Gasteiger partial charge in [-0.15, -0.1) is 11.8 Å². The summed E-state index contributed by atoms with van der Waals surface area (Å²) in [6.45, 7) is 5.67. The third-order valence-corrected chi connectivity index (χ3v) is 4.88. The first kappa shape index (κ1) is 17.3. The molecule has 2 N–H and O–H groups in total. The molecule has 0 unspecified atom stereocenters. The number of aromatic nitrogens is 1.